The number of allylic oxidation sites excluding steroid dienone is 2. The van der Waals surface area contributed by atoms with Gasteiger partial charge < -0.3 is 9.80 Å². The third kappa shape index (κ3) is 4.65. The molecule has 6 aromatic carbocycles. The van der Waals surface area contributed by atoms with Crippen molar-refractivity contribution in [1.29, 1.82) is 0 Å². The molecule has 0 bridgehead atoms. The number of rotatable bonds is 6. The Bertz CT molecular complexity index is 2020. The fourth-order valence-electron chi connectivity index (χ4n) is 6.92. The van der Waals surface area contributed by atoms with Gasteiger partial charge in [0.05, 0.1) is 11.4 Å². The quantitative estimate of drug-likeness (QED) is 0.193. The van der Waals surface area contributed by atoms with Crippen LogP contribution in [0.4, 0.5) is 28.4 Å². The van der Waals surface area contributed by atoms with E-state index in [0.29, 0.717) is 0 Å². The van der Waals surface area contributed by atoms with Crippen molar-refractivity contribution in [2.75, 3.05) is 9.80 Å². The first-order chi connectivity index (χ1) is 21.9. The highest BCUT2D eigenvalue weighted by Crippen LogP contribution is 2.51. The maximum absolute atomic E-state index is 2.45. The summed E-state index contributed by atoms with van der Waals surface area (Å²) in [6, 6.07) is 44.8. The van der Waals surface area contributed by atoms with Gasteiger partial charge in [0.15, 0.2) is 0 Å². The summed E-state index contributed by atoms with van der Waals surface area (Å²) in [7, 11) is 0. The van der Waals surface area contributed by atoms with Gasteiger partial charge in [-0.15, -0.1) is 0 Å². The zero-order valence-corrected chi connectivity index (χ0v) is 26.3. The standard InChI is InChI=1S/C43H36N2/c1-28-5-16-34(17-6-28)44(35-18-7-29(2)8-19-35)40-26-15-32-13-24-39-41(27-33-14-25-38(40)42(32)43(33)39)45(36-20-9-30(3)10-21-36)37-22-11-31(4)12-23-37/h5-27,33H,1-4H3. The van der Waals surface area contributed by atoms with E-state index >= 15 is 0 Å². The van der Waals surface area contributed by atoms with E-state index in [9.17, 15) is 0 Å². The lowest BCUT2D eigenvalue weighted by Gasteiger charge is -2.30. The Morgan fingerprint density at radius 2 is 0.911 bits per heavy atom. The van der Waals surface area contributed by atoms with Crippen LogP contribution in [0.2, 0.25) is 0 Å². The maximum atomic E-state index is 2.45. The van der Waals surface area contributed by atoms with E-state index in [4.69, 9.17) is 0 Å². The first-order valence-electron chi connectivity index (χ1n) is 15.8. The molecule has 6 aromatic rings. The Labute approximate surface area is 266 Å². The first-order valence-corrected chi connectivity index (χ1v) is 15.8. The molecular formula is C43H36N2. The van der Waals surface area contributed by atoms with Gasteiger partial charge in [0, 0.05) is 39.8 Å². The van der Waals surface area contributed by atoms with Crippen LogP contribution in [0.1, 0.15) is 44.9 Å². The van der Waals surface area contributed by atoms with E-state index in [2.05, 4.69) is 177 Å². The van der Waals surface area contributed by atoms with Crippen LogP contribution in [0.3, 0.4) is 0 Å². The Hall–Kier alpha value is -5.34. The van der Waals surface area contributed by atoms with Crippen LogP contribution < -0.4 is 9.80 Å². The smallest absolute Gasteiger partial charge is 0.0540 e. The largest absolute Gasteiger partial charge is 0.310 e. The van der Waals surface area contributed by atoms with Crippen LogP contribution in [0.25, 0.3) is 22.5 Å². The molecule has 0 spiro atoms. The third-order valence-corrected chi connectivity index (χ3v) is 9.31. The first kappa shape index (κ1) is 27.2. The van der Waals surface area contributed by atoms with E-state index in [-0.39, 0.29) is 5.92 Å². The van der Waals surface area contributed by atoms with Crippen molar-refractivity contribution in [3.8, 4) is 0 Å². The second kappa shape index (κ2) is 10.7. The van der Waals surface area contributed by atoms with Crippen LogP contribution in [-0.2, 0) is 0 Å². The summed E-state index contributed by atoms with van der Waals surface area (Å²) >= 11 is 0. The van der Waals surface area contributed by atoms with Gasteiger partial charge in [0.25, 0.3) is 0 Å². The van der Waals surface area contributed by atoms with E-state index in [1.807, 2.05) is 0 Å². The summed E-state index contributed by atoms with van der Waals surface area (Å²) in [5, 5.41) is 2.63. The molecule has 0 fully saturated rings. The molecule has 1 atom stereocenters. The van der Waals surface area contributed by atoms with Crippen molar-refractivity contribution in [2.45, 2.75) is 33.6 Å². The Balaban J connectivity index is 1.33. The number of aryl methyl sites for hydroxylation is 4. The zero-order chi connectivity index (χ0) is 30.7. The second-order valence-electron chi connectivity index (χ2n) is 12.6. The van der Waals surface area contributed by atoms with E-state index in [1.54, 1.807) is 0 Å². The minimum atomic E-state index is 0.215. The average Bonchev–Trinajstić information content (AvgIpc) is 3.43. The lowest BCUT2D eigenvalue weighted by Crippen LogP contribution is -2.15. The fraction of sp³-hybridized carbons (Fsp3) is 0.116. The fourth-order valence-corrected chi connectivity index (χ4v) is 6.92. The number of hydrogen-bond donors (Lipinski definition) is 0. The summed E-state index contributed by atoms with van der Waals surface area (Å²) in [5.74, 6) is 0.215. The van der Waals surface area contributed by atoms with Crippen molar-refractivity contribution < 1.29 is 0 Å². The Morgan fingerprint density at radius 1 is 0.467 bits per heavy atom. The van der Waals surface area contributed by atoms with E-state index in [1.165, 1.54) is 72.5 Å². The van der Waals surface area contributed by atoms with Gasteiger partial charge in [-0.3, -0.25) is 0 Å². The van der Waals surface area contributed by atoms with Crippen LogP contribution in [-0.4, -0.2) is 0 Å². The topological polar surface area (TPSA) is 6.48 Å². The number of nitrogens with zero attached hydrogens (tertiary/aromatic N) is 2. The molecule has 1 unspecified atom stereocenters. The number of benzene rings is 6. The molecular weight excluding hydrogens is 544 g/mol. The van der Waals surface area contributed by atoms with Crippen LogP contribution in [0.15, 0.2) is 133 Å². The second-order valence-corrected chi connectivity index (χ2v) is 12.6. The van der Waals surface area contributed by atoms with E-state index < -0.39 is 0 Å². The molecule has 218 valence electrons. The molecule has 8 rings (SSSR count). The summed E-state index contributed by atoms with van der Waals surface area (Å²) in [5.41, 5.74) is 16.1. The van der Waals surface area contributed by atoms with Gasteiger partial charge in [-0.25, -0.2) is 0 Å². The molecule has 2 aliphatic carbocycles. The normalized spacial score (nSPS) is 14.5. The Kier molecular flexibility index (Phi) is 6.46. The minimum Gasteiger partial charge on any atom is -0.310 e. The highest BCUT2D eigenvalue weighted by Gasteiger charge is 2.32. The number of hydrogen-bond acceptors (Lipinski definition) is 2. The molecule has 0 heterocycles. The highest BCUT2D eigenvalue weighted by molar-refractivity contribution is 6.07. The molecule has 2 aliphatic rings. The van der Waals surface area contributed by atoms with Crippen molar-refractivity contribution in [2.24, 2.45) is 0 Å². The van der Waals surface area contributed by atoms with Crippen molar-refractivity contribution >= 4 is 51.0 Å². The molecule has 2 nitrogen and oxygen atoms in total. The number of anilines is 5. The maximum Gasteiger partial charge on any atom is 0.0540 e. The SMILES string of the molecule is Cc1ccc(N(C2=CC3C=Cc4c(N(c5ccc(C)cc5)c5ccc(C)cc5)ccc5ccc2c3c45)c2ccc(C)cc2)cc1. The Morgan fingerprint density at radius 3 is 1.40 bits per heavy atom. The summed E-state index contributed by atoms with van der Waals surface area (Å²) in [6.45, 7) is 8.59. The molecule has 0 amide bonds. The molecule has 0 saturated carbocycles. The van der Waals surface area contributed by atoms with Gasteiger partial charge in [-0.2, -0.15) is 0 Å². The van der Waals surface area contributed by atoms with E-state index in [0.717, 1.165) is 11.4 Å². The van der Waals surface area contributed by atoms with Gasteiger partial charge in [0.1, 0.15) is 0 Å². The summed E-state index contributed by atoms with van der Waals surface area (Å²) in [6.07, 6.45) is 7.20. The molecule has 2 heteroatoms. The summed E-state index contributed by atoms with van der Waals surface area (Å²) < 4.78 is 0. The van der Waals surface area contributed by atoms with Gasteiger partial charge >= 0.3 is 0 Å². The monoisotopic (exact) mass is 580 g/mol. The predicted octanol–water partition coefficient (Wildman–Crippen LogP) is 11.8. The zero-order valence-electron chi connectivity index (χ0n) is 26.3. The van der Waals surface area contributed by atoms with Crippen LogP contribution in [0.5, 0.6) is 0 Å². The van der Waals surface area contributed by atoms with Gasteiger partial charge in [0.2, 0.25) is 0 Å². The van der Waals surface area contributed by atoms with Crippen LogP contribution in [0, 0.1) is 27.7 Å². The molecule has 45 heavy (non-hydrogen) atoms. The lowest BCUT2D eigenvalue weighted by molar-refractivity contribution is 1.12. The highest BCUT2D eigenvalue weighted by atomic mass is 15.2. The lowest BCUT2D eigenvalue weighted by atomic mass is 9.85. The molecule has 0 aliphatic heterocycles. The molecule has 0 N–H and O–H groups in total. The van der Waals surface area contributed by atoms with Gasteiger partial charge in [-0.1, -0.05) is 101 Å². The minimum absolute atomic E-state index is 0.215. The predicted molar refractivity (Wildman–Crippen MR) is 192 cm³/mol. The molecule has 0 saturated heterocycles. The van der Waals surface area contributed by atoms with Crippen LogP contribution >= 0.6 is 0 Å². The third-order valence-electron chi connectivity index (χ3n) is 9.31. The van der Waals surface area contributed by atoms with Gasteiger partial charge in [-0.05, 0) is 105 Å². The van der Waals surface area contributed by atoms with Crippen molar-refractivity contribution in [3.05, 3.63) is 172 Å². The van der Waals surface area contributed by atoms with Crippen molar-refractivity contribution in [1.82, 2.24) is 0 Å². The average molecular weight is 581 g/mol. The molecule has 0 radical (unpaired) electrons. The van der Waals surface area contributed by atoms with Crippen molar-refractivity contribution in [3.63, 3.8) is 0 Å². The molecule has 0 aromatic heterocycles. The summed E-state index contributed by atoms with van der Waals surface area (Å²) in [4.78, 5) is 4.84.